The maximum atomic E-state index is 11.7. The molecule has 0 aromatic carbocycles. The molecule has 0 aliphatic carbocycles. The van der Waals surface area contributed by atoms with Crippen molar-refractivity contribution in [1.29, 1.82) is 0 Å². The molecule has 1 amide bonds. The molecular weight excluding hydrogens is 285 g/mol. The van der Waals surface area contributed by atoms with Crippen molar-refractivity contribution >= 4 is 24.6 Å². The molecule has 0 aliphatic rings. The summed E-state index contributed by atoms with van der Waals surface area (Å²) in [7, 11) is 0. The van der Waals surface area contributed by atoms with Crippen molar-refractivity contribution in [3.05, 3.63) is 24.3 Å². The number of carbonyl (C=O) groups excluding carboxylic acids is 1. The second-order valence-corrected chi connectivity index (χ2v) is 17.3. The van der Waals surface area contributed by atoms with Gasteiger partial charge in [-0.3, -0.25) is 0 Å². The molecule has 14 heavy (non-hydrogen) atoms. The van der Waals surface area contributed by atoms with E-state index < -0.39 is 18.7 Å². The normalized spacial score (nSPS) is 11.1. The van der Waals surface area contributed by atoms with Crippen LogP contribution in [-0.4, -0.2) is 34.5 Å². The van der Waals surface area contributed by atoms with Gasteiger partial charge in [0, 0.05) is 0 Å². The second kappa shape index (κ2) is 4.72. The van der Waals surface area contributed by atoms with Gasteiger partial charge < -0.3 is 0 Å². The summed E-state index contributed by atoms with van der Waals surface area (Å²) >= 11 is -2.30. The molecular formula is C9H15N3OSn. The van der Waals surface area contributed by atoms with Gasteiger partial charge in [-0.05, 0) is 0 Å². The first-order valence-electron chi connectivity index (χ1n) is 4.63. The number of hydrogen-bond donors (Lipinski definition) is 1. The topological polar surface area (TPSA) is 54.9 Å². The quantitative estimate of drug-likeness (QED) is 0.859. The zero-order chi connectivity index (χ0) is 10.6. The number of aromatic nitrogens is 2. The van der Waals surface area contributed by atoms with Crippen LogP contribution < -0.4 is 3.54 Å². The molecule has 1 heterocycles. The van der Waals surface area contributed by atoms with E-state index in [1.165, 1.54) is 6.33 Å². The molecule has 1 N–H and O–H groups in total. The summed E-state index contributed by atoms with van der Waals surface area (Å²) < 4.78 is 4.19. The SMILES string of the molecule is C[CH2][Sn]([CH3])([CH3])[NH]C(=O)c1ccncn1. The molecule has 0 bridgehead atoms. The molecule has 0 spiro atoms. The summed E-state index contributed by atoms with van der Waals surface area (Å²) in [6.45, 7) is 2.12. The summed E-state index contributed by atoms with van der Waals surface area (Å²) in [5.74, 6) is -0.0601. The molecule has 0 aliphatic heterocycles. The van der Waals surface area contributed by atoms with E-state index in [4.69, 9.17) is 0 Å². The standard InChI is InChI=1S/C5H5N3O.C2H5.2CH3.Sn/c6-5(9)4-1-2-7-3-8-4;1-2;;;/h1-3H,(H2,6,9);1H2,2H3;2*1H3;/q;;;;+1/p-1. The number of nitrogens with zero attached hydrogens (tertiary/aromatic N) is 2. The average molecular weight is 300 g/mol. The number of nitrogens with one attached hydrogen (secondary N) is 1. The predicted octanol–water partition coefficient (Wildman–Crippen LogP) is 1.43. The fourth-order valence-corrected chi connectivity index (χ4v) is 3.51. The van der Waals surface area contributed by atoms with Gasteiger partial charge in [0.1, 0.15) is 0 Å². The van der Waals surface area contributed by atoms with Crippen LogP contribution in [0.4, 0.5) is 0 Å². The third-order valence-corrected chi connectivity index (χ3v) is 9.78. The Hall–Kier alpha value is -0.651. The van der Waals surface area contributed by atoms with Gasteiger partial charge in [-0.15, -0.1) is 0 Å². The zero-order valence-electron chi connectivity index (χ0n) is 8.74. The van der Waals surface area contributed by atoms with E-state index in [1.54, 1.807) is 12.3 Å². The minimum atomic E-state index is -2.30. The minimum absolute atomic E-state index is 0.0601. The molecule has 0 saturated heterocycles. The van der Waals surface area contributed by atoms with E-state index in [0.29, 0.717) is 5.69 Å². The van der Waals surface area contributed by atoms with Gasteiger partial charge in [-0.2, -0.15) is 0 Å². The monoisotopic (exact) mass is 301 g/mol. The molecule has 0 saturated carbocycles. The van der Waals surface area contributed by atoms with Crippen LogP contribution in [0, 0.1) is 0 Å². The van der Waals surface area contributed by atoms with Crippen LogP contribution in [0.3, 0.4) is 0 Å². The van der Waals surface area contributed by atoms with Crippen LogP contribution >= 0.6 is 0 Å². The molecule has 0 fully saturated rings. The Kier molecular flexibility index (Phi) is 3.85. The van der Waals surface area contributed by atoms with E-state index in [-0.39, 0.29) is 5.91 Å². The number of amides is 1. The van der Waals surface area contributed by atoms with Crippen molar-refractivity contribution in [1.82, 2.24) is 13.5 Å². The van der Waals surface area contributed by atoms with Crippen LogP contribution in [0.2, 0.25) is 14.3 Å². The zero-order valence-corrected chi connectivity index (χ0v) is 11.6. The summed E-state index contributed by atoms with van der Waals surface area (Å²) in [5, 5.41) is 0. The molecule has 0 unspecified atom stereocenters. The maximum absolute atomic E-state index is 11.7. The number of hydrogen-bond acceptors (Lipinski definition) is 3. The first-order chi connectivity index (χ1) is 6.55. The van der Waals surface area contributed by atoms with Crippen molar-refractivity contribution in [3.63, 3.8) is 0 Å². The third-order valence-electron chi connectivity index (χ3n) is 2.15. The van der Waals surface area contributed by atoms with Crippen LogP contribution in [0.25, 0.3) is 0 Å². The van der Waals surface area contributed by atoms with Gasteiger partial charge in [0.2, 0.25) is 0 Å². The van der Waals surface area contributed by atoms with E-state index in [9.17, 15) is 4.79 Å². The Morgan fingerprint density at radius 2 is 2.29 bits per heavy atom. The number of rotatable bonds is 3. The fraction of sp³-hybridized carbons (Fsp3) is 0.444. The Labute approximate surface area is 88.4 Å². The van der Waals surface area contributed by atoms with Crippen LogP contribution in [0.15, 0.2) is 18.6 Å². The Balaban J connectivity index is 2.69. The molecule has 0 atom stereocenters. The van der Waals surface area contributed by atoms with Crippen LogP contribution in [0.5, 0.6) is 0 Å². The molecule has 1 rings (SSSR count). The summed E-state index contributed by atoms with van der Waals surface area (Å²) in [5.41, 5.74) is 0.457. The van der Waals surface area contributed by atoms with E-state index in [2.05, 4.69) is 30.3 Å². The van der Waals surface area contributed by atoms with Crippen molar-refractivity contribution in [2.45, 2.75) is 21.2 Å². The van der Waals surface area contributed by atoms with Crippen molar-refractivity contribution in [3.8, 4) is 0 Å². The Morgan fingerprint density at radius 3 is 2.79 bits per heavy atom. The second-order valence-electron chi connectivity index (χ2n) is 3.79. The van der Waals surface area contributed by atoms with Gasteiger partial charge in [0.25, 0.3) is 0 Å². The fourth-order valence-electron chi connectivity index (χ4n) is 0.885. The van der Waals surface area contributed by atoms with Gasteiger partial charge in [0.15, 0.2) is 0 Å². The van der Waals surface area contributed by atoms with E-state index >= 15 is 0 Å². The molecule has 1 aromatic heterocycles. The molecule has 1 aromatic rings. The molecule has 76 valence electrons. The molecule has 0 radical (unpaired) electrons. The van der Waals surface area contributed by atoms with Gasteiger partial charge in [0.05, 0.1) is 0 Å². The van der Waals surface area contributed by atoms with E-state index in [1.807, 2.05) is 0 Å². The average Bonchev–Trinajstić information content (AvgIpc) is 2.19. The van der Waals surface area contributed by atoms with Crippen molar-refractivity contribution in [2.24, 2.45) is 0 Å². The third kappa shape index (κ3) is 3.25. The Bertz CT molecular complexity index is 313. The molecule has 5 heteroatoms. The first-order valence-corrected chi connectivity index (χ1v) is 13.8. The summed E-state index contributed by atoms with van der Waals surface area (Å²) in [4.78, 5) is 23.7. The van der Waals surface area contributed by atoms with Gasteiger partial charge in [-0.25, -0.2) is 0 Å². The van der Waals surface area contributed by atoms with Crippen molar-refractivity contribution < 1.29 is 4.79 Å². The van der Waals surface area contributed by atoms with E-state index in [0.717, 1.165) is 4.44 Å². The van der Waals surface area contributed by atoms with Crippen LogP contribution in [0.1, 0.15) is 17.4 Å². The van der Waals surface area contributed by atoms with Crippen molar-refractivity contribution in [2.75, 3.05) is 0 Å². The summed E-state index contributed by atoms with van der Waals surface area (Å²) in [6, 6.07) is 1.63. The number of carbonyl (C=O) groups is 1. The molecule has 4 nitrogen and oxygen atoms in total. The Morgan fingerprint density at radius 1 is 1.57 bits per heavy atom. The summed E-state index contributed by atoms with van der Waals surface area (Å²) in [6.07, 6.45) is 2.97. The predicted molar refractivity (Wildman–Crippen MR) is 57.5 cm³/mol. The van der Waals surface area contributed by atoms with Gasteiger partial charge >= 0.3 is 88.4 Å². The van der Waals surface area contributed by atoms with Gasteiger partial charge in [-0.1, -0.05) is 0 Å². The first kappa shape index (κ1) is 11.4. The van der Waals surface area contributed by atoms with Crippen LogP contribution in [-0.2, 0) is 0 Å².